The molecule has 1 heterocycles. The minimum atomic E-state index is -1.00. The average Bonchev–Trinajstić information content (AvgIpc) is 2.82. The Bertz CT molecular complexity index is 1410. The van der Waals surface area contributed by atoms with Gasteiger partial charge in [0.15, 0.2) is 0 Å². The third-order valence-electron chi connectivity index (χ3n) is 5.01. The molecule has 0 atom stereocenters. The molecule has 0 bridgehead atoms. The first kappa shape index (κ1) is 24.3. The zero-order chi connectivity index (χ0) is 25.1. The van der Waals surface area contributed by atoms with Crippen molar-refractivity contribution in [2.24, 2.45) is 0 Å². The molecule has 1 N–H and O–H groups in total. The SMILES string of the molecule is O=C1NC(=O)N(c2cccc([N+](=O)[O-])c2)C(=O)/C1=C/c1cc(Br)ccc1OCc1ccccc1Br. The van der Waals surface area contributed by atoms with Gasteiger partial charge >= 0.3 is 6.03 Å². The summed E-state index contributed by atoms with van der Waals surface area (Å²) >= 11 is 6.84. The van der Waals surface area contributed by atoms with Gasteiger partial charge in [0.1, 0.15) is 17.9 Å². The van der Waals surface area contributed by atoms with Crippen molar-refractivity contribution in [1.29, 1.82) is 0 Å². The van der Waals surface area contributed by atoms with Gasteiger partial charge in [-0.2, -0.15) is 0 Å². The van der Waals surface area contributed by atoms with Crippen LogP contribution in [-0.2, 0) is 16.2 Å². The number of barbiturate groups is 1. The smallest absolute Gasteiger partial charge is 0.335 e. The lowest BCUT2D eigenvalue weighted by Gasteiger charge is -2.26. The molecular formula is C24H15Br2N3O6. The van der Waals surface area contributed by atoms with E-state index in [1.807, 2.05) is 24.3 Å². The number of carbonyl (C=O) groups is 3. The lowest BCUT2D eigenvalue weighted by Crippen LogP contribution is -2.54. The maximum Gasteiger partial charge on any atom is 0.335 e. The summed E-state index contributed by atoms with van der Waals surface area (Å²) in [5.41, 5.74) is 0.626. The van der Waals surface area contributed by atoms with E-state index >= 15 is 0 Å². The number of carbonyl (C=O) groups excluding carboxylic acids is 3. The zero-order valence-corrected chi connectivity index (χ0v) is 20.9. The summed E-state index contributed by atoms with van der Waals surface area (Å²) < 4.78 is 7.49. The number of ether oxygens (including phenoxy) is 1. The second-order valence-electron chi connectivity index (χ2n) is 7.30. The Kier molecular flexibility index (Phi) is 7.08. The van der Waals surface area contributed by atoms with Crippen LogP contribution in [0.2, 0.25) is 0 Å². The fourth-order valence-corrected chi connectivity index (χ4v) is 4.11. The molecule has 176 valence electrons. The minimum absolute atomic E-state index is 0.0419. The molecule has 11 heteroatoms. The van der Waals surface area contributed by atoms with Gasteiger partial charge in [0.2, 0.25) is 0 Å². The van der Waals surface area contributed by atoms with Crippen LogP contribution in [-0.4, -0.2) is 22.8 Å². The fraction of sp³-hybridized carbons (Fsp3) is 0.0417. The highest BCUT2D eigenvalue weighted by atomic mass is 79.9. The number of nitro benzene ring substituents is 1. The first-order valence-electron chi connectivity index (χ1n) is 10.1. The van der Waals surface area contributed by atoms with E-state index in [2.05, 4.69) is 37.2 Å². The molecule has 9 nitrogen and oxygen atoms in total. The first-order valence-corrected chi connectivity index (χ1v) is 11.6. The van der Waals surface area contributed by atoms with Gasteiger partial charge in [0.05, 0.1) is 10.6 Å². The van der Waals surface area contributed by atoms with Crippen LogP contribution in [0.1, 0.15) is 11.1 Å². The third-order valence-corrected chi connectivity index (χ3v) is 6.28. The summed E-state index contributed by atoms with van der Waals surface area (Å²) in [6.07, 6.45) is 1.31. The van der Waals surface area contributed by atoms with E-state index in [1.54, 1.807) is 18.2 Å². The second kappa shape index (κ2) is 10.2. The molecule has 4 rings (SSSR count). The molecule has 3 aromatic rings. The second-order valence-corrected chi connectivity index (χ2v) is 9.07. The Balaban J connectivity index is 1.69. The number of amides is 4. The number of imide groups is 2. The molecule has 1 aliphatic heterocycles. The molecule has 0 aromatic heterocycles. The van der Waals surface area contributed by atoms with E-state index in [1.165, 1.54) is 24.3 Å². The Morgan fingerprint density at radius 2 is 1.77 bits per heavy atom. The molecule has 0 spiro atoms. The van der Waals surface area contributed by atoms with Crippen molar-refractivity contribution in [3.63, 3.8) is 0 Å². The molecule has 0 saturated carbocycles. The van der Waals surface area contributed by atoms with Gasteiger partial charge in [-0.1, -0.05) is 56.1 Å². The first-order chi connectivity index (χ1) is 16.7. The van der Waals surface area contributed by atoms with Gasteiger partial charge in [0.25, 0.3) is 17.5 Å². The Labute approximate surface area is 215 Å². The van der Waals surface area contributed by atoms with Crippen LogP contribution in [0.25, 0.3) is 6.08 Å². The quantitative estimate of drug-likeness (QED) is 0.176. The molecule has 4 amide bonds. The molecule has 0 aliphatic carbocycles. The number of non-ortho nitro benzene ring substituents is 1. The van der Waals surface area contributed by atoms with Gasteiger partial charge in [-0.25, -0.2) is 9.69 Å². The number of rotatable bonds is 6. The van der Waals surface area contributed by atoms with E-state index in [-0.39, 0.29) is 23.6 Å². The number of benzene rings is 3. The Hall–Kier alpha value is -3.83. The van der Waals surface area contributed by atoms with E-state index in [4.69, 9.17) is 4.74 Å². The number of hydrogen-bond donors (Lipinski definition) is 1. The topological polar surface area (TPSA) is 119 Å². The number of urea groups is 1. The van der Waals surface area contributed by atoms with Crippen LogP contribution >= 0.6 is 31.9 Å². The summed E-state index contributed by atoms with van der Waals surface area (Å²) in [4.78, 5) is 49.4. The van der Waals surface area contributed by atoms with Crippen LogP contribution < -0.4 is 15.0 Å². The van der Waals surface area contributed by atoms with E-state index in [0.29, 0.717) is 20.7 Å². The lowest BCUT2D eigenvalue weighted by atomic mass is 10.1. The number of nitro groups is 1. The van der Waals surface area contributed by atoms with Crippen molar-refractivity contribution in [2.45, 2.75) is 6.61 Å². The zero-order valence-electron chi connectivity index (χ0n) is 17.7. The van der Waals surface area contributed by atoms with Gasteiger partial charge in [-0.05, 0) is 36.4 Å². The van der Waals surface area contributed by atoms with Gasteiger partial charge in [0, 0.05) is 32.2 Å². The normalized spacial score (nSPS) is 14.7. The molecule has 1 fully saturated rings. The summed E-state index contributed by atoms with van der Waals surface area (Å²) in [6, 6.07) is 16.6. The van der Waals surface area contributed by atoms with Crippen LogP contribution in [0.3, 0.4) is 0 Å². The monoisotopic (exact) mass is 599 g/mol. The van der Waals surface area contributed by atoms with Crippen LogP contribution in [0, 0.1) is 10.1 Å². The van der Waals surface area contributed by atoms with Gasteiger partial charge in [-0.15, -0.1) is 0 Å². The predicted molar refractivity (Wildman–Crippen MR) is 135 cm³/mol. The van der Waals surface area contributed by atoms with Gasteiger partial charge in [-0.3, -0.25) is 25.0 Å². The van der Waals surface area contributed by atoms with Crippen LogP contribution in [0.15, 0.2) is 81.2 Å². The number of halogens is 2. The molecule has 1 saturated heterocycles. The molecule has 0 radical (unpaired) electrons. The molecule has 1 aliphatic rings. The van der Waals surface area contributed by atoms with Crippen molar-refractivity contribution in [3.05, 3.63) is 102 Å². The van der Waals surface area contributed by atoms with E-state index < -0.39 is 22.8 Å². The summed E-state index contributed by atoms with van der Waals surface area (Å²) in [6.45, 7) is 0.220. The summed E-state index contributed by atoms with van der Waals surface area (Å²) in [5.74, 6) is -1.41. The third kappa shape index (κ3) is 5.31. The number of nitrogens with zero attached hydrogens (tertiary/aromatic N) is 2. The largest absolute Gasteiger partial charge is 0.488 e. The summed E-state index contributed by atoms with van der Waals surface area (Å²) in [5, 5.41) is 13.2. The average molecular weight is 601 g/mol. The van der Waals surface area contributed by atoms with E-state index in [0.717, 1.165) is 16.1 Å². The highest BCUT2D eigenvalue weighted by Gasteiger charge is 2.37. The lowest BCUT2D eigenvalue weighted by molar-refractivity contribution is -0.384. The fourth-order valence-electron chi connectivity index (χ4n) is 3.33. The van der Waals surface area contributed by atoms with Crippen molar-refractivity contribution >= 4 is 67.2 Å². The van der Waals surface area contributed by atoms with Crippen molar-refractivity contribution < 1.29 is 24.0 Å². The maximum atomic E-state index is 13.2. The molecule has 0 unspecified atom stereocenters. The number of nitrogens with one attached hydrogen (secondary N) is 1. The predicted octanol–water partition coefficient (Wildman–Crippen LogP) is 5.37. The Morgan fingerprint density at radius 3 is 2.51 bits per heavy atom. The summed E-state index contributed by atoms with van der Waals surface area (Å²) in [7, 11) is 0. The molecular weight excluding hydrogens is 586 g/mol. The van der Waals surface area contributed by atoms with Crippen molar-refractivity contribution in [1.82, 2.24) is 5.32 Å². The van der Waals surface area contributed by atoms with E-state index in [9.17, 15) is 24.5 Å². The highest BCUT2D eigenvalue weighted by Crippen LogP contribution is 2.30. The van der Waals surface area contributed by atoms with Crippen molar-refractivity contribution in [3.8, 4) is 5.75 Å². The Morgan fingerprint density at radius 1 is 1.00 bits per heavy atom. The number of hydrogen-bond acceptors (Lipinski definition) is 6. The molecule has 3 aromatic carbocycles. The van der Waals surface area contributed by atoms with Gasteiger partial charge < -0.3 is 4.74 Å². The minimum Gasteiger partial charge on any atom is -0.488 e. The van der Waals surface area contributed by atoms with Crippen LogP contribution in [0.5, 0.6) is 5.75 Å². The standard InChI is InChI=1S/C24H15Br2N3O6/c25-16-8-9-21(35-13-14-4-1-2-7-20(14)26)15(10-16)11-19-22(30)27-24(32)28(23(19)31)17-5-3-6-18(12-17)29(33)34/h1-12H,13H2,(H,27,30,32)/b19-11+. The maximum absolute atomic E-state index is 13.2. The van der Waals surface area contributed by atoms with Crippen molar-refractivity contribution in [2.75, 3.05) is 4.90 Å². The highest BCUT2D eigenvalue weighted by molar-refractivity contribution is 9.10. The van der Waals surface area contributed by atoms with Crippen LogP contribution in [0.4, 0.5) is 16.2 Å². The molecule has 35 heavy (non-hydrogen) atoms. The number of anilines is 1.